The van der Waals surface area contributed by atoms with E-state index in [0.717, 1.165) is 5.82 Å². The van der Waals surface area contributed by atoms with Crippen LogP contribution in [0, 0.1) is 5.92 Å². The fourth-order valence-corrected chi connectivity index (χ4v) is 2.21. The Kier molecular flexibility index (Phi) is 4.57. The molecule has 2 N–H and O–H groups in total. The number of hydrogen-bond donors (Lipinski definition) is 2. The van der Waals surface area contributed by atoms with E-state index in [-0.39, 0.29) is 17.9 Å². The van der Waals surface area contributed by atoms with Crippen LogP contribution in [0.15, 0.2) is 30.7 Å². The van der Waals surface area contributed by atoms with E-state index < -0.39 is 0 Å². The molecule has 0 aliphatic rings. The molecule has 0 unspecified atom stereocenters. The van der Waals surface area contributed by atoms with Gasteiger partial charge in [-0.1, -0.05) is 13.8 Å². The van der Waals surface area contributed by atoms with Crippen molar-refractivity contribution in [3.05, 3.63) is 42.1 Å². The molecule has 0 spiro atoms. The Balaban J connectivity index is 2.25. The van der Waals surface area contributed by atoms with E-state index in [2.05, 4.69) is 34.4 Å². The third kappa shape index (κ3) is 3.21. The molecule has 2 aromatic heterocycles. The van der Waals surface area contributed by atoms with Gasteiger partial charge in [0.2, 0.25) is 0 Å². The maximum Gasteiger partial charge on any atom is 0.255 e. The van der Waals surface area contributed by atoms with E-state index in [1.165, 1.54) is 0 Å². The lowest BCUT2D eigenvalue weighted by atomic mass is 10.0. The molecule has 0 radical (unpaired) electrons. The van der Waals surface area contributed by atoms with Crippen LogP contribution in [-0.2, 0) is 7.05 Å². The molecule has 0 aliphatic carbocycles. The standard InChI is InChI=1S/C15H21N5O/c1-10(2)12(14-18-8-9-20(14)4)19-15(21)11-6-5-7-17-13(11)16-3/h5-10,12H,1-4H3,(H,16,17)(H,19,21)/t12-/m1/s1. The predicted molar refractivity (Wildman–Crippen MR) is 82.0 cm³/mol. The van der Waals surface area contributed by atoms with Crippen LogP contribution in [0.3, 0.4) is 0 Å². The minimum atomic E-state index is -0.158. The molecule has 112 valence electrons. The summed E-state index contributed by atoms with van der Waals surface area (Å²) in [4.78, 5) is 21.0. The number of hydrogen-bond acceptors (Lipinski definition) is 4. The lowest BCUT2D eigenvalue weighted by Gasteiger charge is -2.22. The molecule has 6 heteroatoms. The second-order valence-electron chi connectivity index (χ2n) is 5.24. The monoisotopic (exact) mass is 287 g/mol. The Morgan fingerprint density at radius 3 is 2.62 bits per heavy atom. The number of anilines is 1. The molecule has 1 atom stereocenters. The van der Waals surface area contributed by atoms with E-state index >= 15 is 0 Å². The third-order valence-electron chi connectivity index (χ3n) is 3.38. The first kappa shape index (κ1) is 15.0. The SMILES string of the molecule is CNc1ncccc1C(=O)N[C@@H](c1nccn1C)C(C)C. The van der Waals surface area contributed by atoms with Gasteiger partial charge in [-0.05, 0) is 18.1 Å². The van der Waals surface area contributed by atoms with Crippen molar-refractivity contribution in [3.63, 3.8) is 0 Å². The van der Waals surface area contributed by atoms with Gasteiger partial charge >= 0.3 is 0 Å². The van der Waals surface area contributed by atoms with Crippen LogP contribution in [0.5, 0.6) is 0 Å². The van der Waals surface area contributed by atoms with Crippen LogP contribution in [0.1, 0.15) is 36.1 Å². The molecule has 21 heavy (non-hydrogen) atoms. The normalized spacial score (nSPS) is 12.2. The highest BCUT2D eigenvalue weighted by Crippen LogP contribution is 2.21. The summed E-state index contributed by atoms with van der Waals surface area (Å²) in [5.74, 6) is 1.48. The first-order valence-electron chi connectivity index (χ1n) is 6.95. The lowest BCUT2D eigenvalue weighted by molar-refractivity contribution is 0.0923. The number of rotatable bonds is 5. The van der Waals surface area contributed by atoms with Gasteiger partial charge < -0.3 is 15.2 Å². The molecule has 0 aliphatic heterocycles. The largest absolute Gasteiger partial charge is 0.372 e. The van der Waals surface area contributed by atoms with Gasteiger partial charge in [0.25, 0.3) is 5.91 Å². The summed E-state index contributed by atoms with van der Waals surface area (Å²) in [5.41, 5.74) is 0.528. The lowest BCUT2D eigenvalue weighted by Crippen LogP contribution is -2.34. The molecule has 1 amide bonds. The zero-order valence-electron chi connectivity index (χ0n) is 12.8. The highest BCUT2D eigenvalue weighted by atomic mass is 16.1. The molecule has 2 rings (SSSR count). The van der Waals surface area contributed by atoms with Crippen molar-refractivity contribution in [2.45, 2.75) is 19.9 Å². The van der Waals surface area contributed by atoms with Gasteiger partial charge in [0, 0.05) is 32.7 Å². The molecule has 2 heterocycles. The van der Waals surface area contributed by atoms with Crippen LogP contribution in [0.4, 0.5) is 5.82 Å². The van der Waals surface area contributed by atoms with Crippen LogP contribution in [0.25, 0.3) is 0 Å². The van der Waals surface area contributed by atoms with Gasteiger partial charge in [-0.25, -0.2) is 9.97 Å². The maximum atomic E-state index is 12.5. The smallest absolute Gasteiger partial charge is 0.255 e. The summed E-state index contributed by atoms with van der Waals surface area (Å²) in [6, 6.07) is 3.35. The quantitative estimate of drug-likeness (QED) is 0.882. The molecule has 0 saturated carbocycles. The summed E-state index contributed by atoms with van der Waals surface area (Å²) in [5, 5.41) is 5.98. The topological polar surface area (TPSA) is 71.8 Å². The van der Waals surface area contributed by atoms with Crippen LogP contribution < -0.4 is 10.6 Å². The zero-order valence-corrected chi connectivity index (χ0v) is 12.8. The predicted octanol–water partition coefficient (Wildman–Crippen LogP) is 1.98. The highest BCUT2D eigenvalue weighted by molar-refractivity contribution is 5.98. The van der Waals surface area contributed by atoms with Gasteiger partial charge in [0.05, 0.1) is 11.6 Å². The number of amides is 1. The van der Waals surface area contributed by atoms with Gasteiger partial charge in [0.1, 0.15) is 11.6 Å². The van der Waals surface area contributed by atoms with Gasteiger partial charge in [0.15, 0.2) is 0 Å². The Morgan fingerprint density at radius 1 is 1.29 bits per heavy atom. The van der Waals surface area contributed by atoms with Crippen molar-refractivity contribution in [1.82, 2.24) is 19.9 Å². The van der Waals surface area contributed by atoms with E-state index in [9.17, 15) is 4.79 Å². The average molecular weight is 287 g/mol. The third-order valence-corrected chi connectivity index (χ3v) is 3.38. The number of nitrogens with zero attached hydrogens (tertiary/aromatic N) is 3. The van der Waals surface area contributed by atoms with E-state index in [4.69, 9.17) is 0 Å². The molecule has 0 aromatic carbocycles. The zero-order chi connectivity index (χ0) is 15.4. The molecular formula is C15H21N5O. The van der Waals surface area contributed by atoms with Gasteiger partial charge in [-0.2, -0.15) is 0 Å². The molecule has 6 nitrogen and oxygen atoms in total. The number of aromatic nitrogens is 3. The fourth-order valence-electron chi connectivity index (χ4n) is 2.21. The van der Waals surface area contributed by atoms with Gasteiger partial charge in [-0.3, -0.25) is 4.79 Å². The number of pyridine rings is 1. The Hall–Kier alpha value is -2.37. The number of nitrogens with one attached hydrogen (secondary N) is 2. The van der Waals surface area contributed by atoms with Crippen molar-refractivity contribution in [3.8, 4) is 0 Å². The molecular weight excluding hydrogens is 266 g/mol. The minimum absolute atomic E-state index is 0.151. The van der Waals surface area contributed by atoms with Crippen molar-refractivity contribution in [2.75, 3.05) is 12.4 Å². The fraction of sp³-hybridized carbons (Fsp3) is 0.400. The molecule has 0 saturated heterocycles. The summed E-state index contributed by atoms with van der Waals surface area (Å²) >= 11 is 0. The second-order valence-corrected chi connectivity index (χ2v) is 5.24. The van der Waals surface area contributed by atoms with Crippen molar-refractivity contribution < 1.29 is 4.79 Å². The number of carbonyl (C=O) groups is 1. The Morgan fingerprint density at radius 2 is 2.05 bits per heavy atom. The molecule has 0 fully saturated rings. The van der Waals surface area contributed by atoms with E-state index in [1.807, 2.05) is 17.8 Å². The van der Waals surface area contributed by atoms with E-state index in [0.29, 0.717) is 11.4 Å². The van der Waals surface area contributed by atoms with E-state index in [1.54, 1.807) is 31.6 Å². The van der Waals surface area contributed by atoms with Gasteiger partial charge in [-0.15, -0.1) is 0 Å². The van der Waals surface area contributed by atoms with Crippen molar-refractivity contribution in [1.29, 1.82) is 0 Å². The summed E-state index contributed by atoms with van der Waals surface area (Å²) in [6.45, 7) is 4.11. The van der Waals surface area contributed by atoms with Crippen LogP contribution >= 0.6 is 0 Å². The summed E-state index contributed by atoms with van der Waals surface area (Å²) < 4.78 is 1.92. The maximum absolute atomic E-state index is 12.5. The van der Waals surface area contributed by atoms with Crippen LogP contribution in [-0.4, -0.2) is 27.5 Å². The average Bonchev–Trinajstić information content (AvgIpc) is 2.90. The first-order chi connectivity index (χ1) is 10.0. The van der Waals surface area contributed by atoms with Crippen molar-refractivity contribution >= 4 is 11.7 Å². The second kappa shape index (κ2) is 6.39. The molecule has 2 aromatic rings. The number of imidazole rings is 1. The summed E-state index contributed by atoms with van der Waals surface area (Å²) in [6.07, 6.45) is 5.27. The Labute approximate surface area is 124 Å². The first-order valence-corrected chi connectivity index (χ1v) is 6.95. The van der Waals surface area contributed by atoms with Crippen molar-refractivity contribution in [2.24, 2.45) is 13.0 Å². The minimum Gasteiger partial charge on any atom is -0.372 e. The summed E-state index contributed by atoms with van der Waals surface area (Å²) in [7, 11) is 3.67. The van der Waals surface area contributed by atoms with Crippen LogP contribution in [0.2, 0.25) is 0 Å². The number of aryl methyl sites for hydroxylation is 1. The number of carbonyl (C=O) groups excluding carboxylic acids is 1. The molecule has 0 bridgehead atoms. The Bertz CT molecular complexity index is 620. The highest BCUT2D eigenvalue weighted by Gasteiger charge is 2.23.